The Morgan fingerprint density at radius 1 is 0.912 bits per heavy atom. The summed E-state index contributed by atoms with van der Waals surface area (Å²) >= 11 is 12.9. The molecule has 0 bridgehead atoms. The molecule has 2 fully saturated rings. The lowest BCUT2D eigenvalue weighted by Gasteiger charge is -2.36. The van der Waals surface area contributed by atoms with E-state index in [4.69, 9.17) is 51.6 Å². The molecule has 2 aromatic heterocycles. The predicted molar refractivity (Wildman–Crippen MR) is 216 cm³/mol. The van der Waals surface area contributed by atoms with Crippen molar-refractivity contribution in [1.29, 1.82) is 0 Å². The lowest BCUT2D eigenvalue weighted by Crippen LogP contribution is -2.41. The number of Topliss-reactive ketones (excluding diaryl/α,β-unsaturated/α-hetero) is 1. The lowest BCUT2D eigenvalue weighted by atomic mass is 9.76. The summed E-state index contributed by atoms with van der Waals surface area (Å²) in [5, 5.41) is 0.929. The van der Waals surface area contributed by atoms with Crippen LogP contribution < -0.4 is 14.2 Å². The quantitative estimate of drug-likeness (QED) is 0.0446. The molecule has 3 aromatic carbocycles. The molecule has 1 atom stereocenters. The number of piperidine rings is 1. The second-order valence-electron chi connectivity index (χ2n) is 14.6. The number of rotatable bonds is 15. The molecule has 5 aromatic rings. The van der Waals surface area contributed by atoms with Crippen LogP contribution in [0.15, 0.2) is 77.4 Å². The summed E-state index contributed by atoms with van der Waals surface area (Å²) in [6.07, 6.45) is 4.53. The first-order valence-corrected chi connectivity index (χ1v) is 19.9. The molecule has 14 heteroatoms. The van der Waals surface area contributed by atoms with Gasteiger partial charge in [0, 0.05) is 43.5 Å². The number of carbonyl (C=O) groups is 3. The van der Waals surface area contributed by atoms with Crippen LogP contribution in [0.25, 0.3) is 11.0 Å². The number of hydrogen-bond acceptors (Lipinski definition) is 10. The lowest BCUT2D eigenvalue weighted by molar-refractivity contribution is -0.132. The van der Waals surface area contributed by atoms with Crippen LogP contribution >= 0.6 is 23.2 Å². The number of esters is 1. The normalized spacial score (nSPS) is 17.6. The zero-order chi connectivity index (χ0) is 40.1. The minimum atomic E-state index is -0.535. The number of amides is 1. The van der Waals surface area contributed by atoms with Gasteiger partial charge < -0.3 is 37.7 Å². The van der Waals surface area contributed by atoms with Crippen LogP contribution in [0.4, 0.5) is 0 Å². The third-order valence-corrected chi connectivity index (χ3v) is 11.9. The molecule has 300 valence electrons. The van der Waals surface area contributed by atoms with Gasteiger partial charge in [-0.15, -0.1) is 0 Å². The fourth-order valence-corrected chi connectivity index (χ4v) is 8.37. The summed E-state index contributed by atoms with van der Waals surface area (Å²) in [5.74, 6) is 0.961. The zero-order valence-corrected chi connectivity index (χ0v) is 33.8. The van der Waals surface area contributed by atoms with Gasteiger partial charge >= 0.3 is 5.97 Å². The standard InChI is InChI=1S/C43H46Cl2N4O8/c1-28(50)57-40-37(53-2)23-30(24-38(40)54-3)42(52)48-19-15-43(27-48,31-10-11-33(44)34(45)25-31)14-18-47-16-12-29(13-17-47)39(51)41-46-35-8-4-5-9-36(35)49(41)20-22-55-26-32-7-6-21-56-32/h4-11,21,23-25,29H,12-20,22,26-27H2,1-3H3. The number of methoxy groups -OCH3 is 2. The van der Waals surface area contributed by atoms with Crippen molar-refractivity contribution < 1.29 is 37.7 Å². The van der Waals surface area contributed by atoms with Crippen molar-refractivity contribution in [2.45, 2.75) is 51.2 Å². The molecule has 57 heavy (non-hydrogen) atoms. The number of halogens is 2. The Morgan fingerprint density at radius 2 is 1.67 bits per heavy atom. The van der Waals surface area contributed by atoms with E-state index in [0.29, 0.717) is 73.5 Å². The van der Waals surface area contributed by atoms with E-state index >= 15 is 0 Å². The summed E-state index contributed by atoms with van der Waals surface area (Å²) in [6, 6.07) is 20.4. The Morgan fingerprint density at radius 3 is 2.35 bits per heavy atom. The topological polar surface area (TPSA) is 126 Å². The van der Waals surface area contributed by atoms with Crippen molar-refractivity contribution in [3.8, 4) is 17.2 Å². The molecule has 1 amide bonds. The molecule has 1 unspecified atom stereocenters. The Bertz CT molecular complexity index is 2210. The van der Waals surface area contributed by atoms with E-state index in [1.54, 1.807) is 18.4 Å². The molecule has 0 N–H and O–H groups in total. The maximum atomic E-state index is 14.1. The van der Waals surface area contributed by atoms with Gasteiger partial charge in [0.15, 0.2) is 17.3 Å². The summed E-state index contributed by atoms with van der Waals surface area (Å²) in [4.78, 5) is 49.0. The van der Waals surface area contributed by atoms with Crippen molar-refractivity contribution >= 4 is 51.9 Å². The first kappa shape index (κ1) is 40.3. The highest BCUT2D eigenvalue weighted by Crippen LogP contribution is 2.43. The Kier molecular flexibility index (Phi) is 12.5. The second kappa shape index (κ2) is 17.7. The van der Waals surface area contributed by atoms with Crippen LogP contribution in [0.1, 0.15) is 64.9 Å². The minimum Gasteiger partial charge on any atom is -0.493 e. The van der Waals surface area contributed by atoms with E-state index in [-0.39, 0.29) is 34.9 Å². The van der Waals surface area contributed by atoms with Crippen molar-refractivity contribution in [1.82, 2.24) is 19.4 Å². The smallest absolute Gasteiger partial charge is 0.308 e. The van der Waals surface area contributed by atoms with Crippen molar-refractivity contribution in [3.63, 3.8) is 0 Å². The van der Waals surface area contributed by atoms with E-state index in [1.165, 1.54) is 21.1 Å². The van der Waals surface area contributed by atoms with Gasteiger partial charge in [-0.2, -0.15) is 0 Å². The first-order valence-electron chi connectivity index (χ1n) is 19.1. The number of ketones is 1. The number of fused-ring (bicyclic) bond motifs is 1. The van der Waals surface area contributed by atoms with Gasteiger partial charge in [-0.05, 0) is 99.4 Å². The number of imidazole rings is 1. The molecule has 4 heterocycles. The van der Waals surface area contributed by atoms with Crippen LogP contribution in [-0.2, 0) is 28.1 Å². The Balaban J connectivity index is 1.03. The molecule has 0 aliphatic carbocycles. The summed E-state index contributed by atoms with van der Waals surface area (Å²) < 4.78 is 29.6. The van der Waals surface area contributed by atoms with Gasteiger partial charge in [0.25, 0.3) is 5.91 Å². The molecule has 12 nitrogen and oxygen atoms in total. The largest absolute Gasteiger partial charge is 0.493 e. The minimum absolute atomic E-state index is 0.0586. The van der Waals surface area contributed by atoms with Crippen LogP contribution in [0.3, 0.4) is 0 Å². The van der Waals surface area contributed by atoms with E-state index in [0.717, 1.165) is 48.4 Å². The zero-order valence-electron chi connectivity index (χ0n) is 32.3. The summed E-state index contributed by atoms with van der Waals surface area (Å²) in [5.41, 5.74) is 2.68. The van der Waals surface area contributed by atoms with E-state index in [2.05, 4.69) is 4.90 Å². The molecule has 0 saturated carbocycles. The van der Waals surface area contributed by atoms with Crippen molar-refractivity contribution in [3.05, 3.63) is 106 Å². The highest BCUT2D eigenvalue weighted by atomic mass is 35.5. The van der Waals surface area contributed by atoms with Gasteiger partial charge in [0.2, 0.25) is 11.5 Å². The predicted octanol–water partition coefficient (Wildman–Crippen LogP) is 7.86. The molecule has 0 spiro atoms. The molecule has 2 saturated heterocycles. The van der Waals surface area contributed by atoms with Crippen LogP contribution in [0, 0.1) is 5.92 Å². The van der Waals surface area contributed by atoms with Gasteiger partial charge in [0.1, 0.15) is 12.4 Å². The van der Waals surface area contributed by atoms with Crippen molar-refractivity contribution in [2.24, 2.45) is 5.92 Å². The van der Waals surface area contributed by atoms with Crippen LogP contribution in [0.2, 0.25) is 10.0 Å². The van der Waals surface area contributed by atoms with E-state index in [1.807, 2.05) is 64.1 Å². The first-order chi connectivity index (χ1) is 27.6. The third kappa shape index (κ3) is 8.84. The maximum absolute atomic E-state index is 14.1. The average molecular weight is 818 g/mol. The number of hydrogen-bond donors (Lipinski definition) is 0. The molecular formula is C43H46Cl2N4O8. The molecule has 2 aliphatic heterocycles. The van der Waals surface area contributed by atoms with Crippen LogP contribution in [0.5, 0.6) is 17.2 Å². The fraction of sp³-hybridized carbons (Fsp3) is 0.395. The van der Waals surface area contributed by atoms with Gasteiger partial charge in [-0.1, -0.05) is 41.4 Å². The Labute approximate surface area is 341 Å². The number of benzene rings is 3. The molecule has 0 radical (unpaired) electrons. The third-order valence-electron chi connectivity index (χ3n) is 11.1. The summed E-state index contributed by atoms with van der Waals surface area (Å²) in [7, 11) is 2.89. The number of para-hydroxylation sites is 2. The molecule has 2 aliphatic rings. The average Bonchev–Trinajstić information content (AvgIpc) is 3.99. The van der Waals surface area contributed by atoms with E-state index < -0.39 is 11.4 Å². The fourth-order valence-electron chi connectivity index (χ4n) is 8.07. The maximum Gasteiger partial charge on any atom is 0.308 e. The van der Waals surface area contributed by atoms with E-state index in [9.17, 15) is 14.4 Å². The highest BCUT2D eigenvalue weighted by molar-refractivity contribution is 6.42. The number of likely N-dealkylation sites (tertiary alicyclic amines) is 2. The number of nitrogens with zero attached hydrogens (tertiary/aromatic N) is 4. The summed E-state index contributed by atoms with van der Waals surface area (Å²) in [6.45, 7) is 5.82. The van der Waals surface area contributed by atoms with Crippen LogP contribution in [-0.4, -0.2) is 90.6 Å². The SMILES string of the molecule is COc1cc(C(=O)N2CCC(CCN3CCC(C(=O)c4nc5ccccc5n4CCOCc4ccco4)CC3)(c3ccc(Cl)c(Cl)c3)C2)cc(OC)c1OC(C)=O. The van der Waals surface area contributed by atoms with Gasteiger partial charge in [-0.3, -0.25) is 14.4 Å². The van der Waals surface area contributed by atoms with Crippen molar-refractivity contribution in [2.75, 3.05) is 53.6 Å². The number of furan rings is 1. The number of aromatic nitrogens is 2. The molecule has 7 rings (SSSR count). The second-order valence-corrected chi connectivity index (χ2v) is 15.4. The van der Waals surface area contributed by atoms with Gasteiger partial charge in [0.05, 0.1) is 48.2 Å². The molecular weight excluding hydrogens is 771 g/mol. The number of ether oxygens (including phenoxy) is 4. The Hall–Kier alpha value is -4.88. The monoisotopic (exact) mass is 816 g/mol. The van der Waals surface area contributed by atoms with Gasteiger partial charge in [-0.25, -0.2) is 4.98 Å². The number of carbonyl (C=O) groups excluding carboxylic acids is 3. The highest BCUT2D eigenvalue weighted by Gasteiger charge is 2.42.